The van der Waals surface area contributed by atoms with Gasteiger partial charge in [0.1, 0.15) is 4.90 Å². The second-order valence-electron chi connectivity index (χ2n) is 6.58. The number of nitrogens with zero attached hydrogens (tertiary/aromatic N) is 1. The molecule has 1 N–H and O–H groups in total. The van der Waals surface area contributed by atoms with Gasteiger partial charge in [-0.05, 0) is 45.0 Å². The first-order valence-corrected chi connectivity index (χ1v) is 9.40. The monoisotopic (exact) mass is 396 g/mol. The van der Waals surface area contributed by atoms with Gasteiger partial charge in [-0.3, -0.25) is 14.9 Å². The predicted molar refractivity (Wildman–Crippen MR) is 97.2 cm³/mol. The molecule has 2 aromatic rings. The molecule has 0 aromatic heterocycles. The molecule has 0 unspecified atom stereocenters. The predicted octanol–water partition coefficient (Wildman–Crippen LogP) is 3.61. The zero-order valence-electron chi connectivity index (χ0n) is 14.3. The van der Waals surface area contributed by atoms with Crippen molar-refractivity contribution in [2.75, 3.05) is 0 Å². The van der Waals surface area contributed by atoms with Crippen LogP contribution >= 0.6 is 11.6 Å². The fraction of sp³-hybridized carbons (Fsp3) is 0.235. The van der Waals surface area contributed by atoms with Crippen LogP contribution in [-0.2, 0) is 9.84 Å². The highest BCUT2D eigenvalue weighted by Crippen LogP contribution is 2.33. The number of halogens is 1. The Morgan fingerprint density at radius 2 is 1.73 bits per heavy atom. The van der Waals surface area contributed by atoms with Crippen LogP contribution in [0.25, 0.3) is 0 Å². The van der Waals surface area contributed by atoms with E-state index in [0.29, 0.717) is 0 Å². The Morgan fingerprint density at radius 3 is 2.27 bits per heavy atom. The lowest BCUT2D eigenvalue weighted by Crippen LogP contribution is -2.40. The van der Waals surface area contributed by atoms with Crippen LogP contribution in [0.2, 0.25) is 5.02 Å². The van der Waals surface area contributed by atoms with Crippen molar-refractivity contribution in [3.05, 3.63) is 63.2 Å². The smallest absolute Gasteiger partial charge is 0.289 e. The van der Waals surface area contributed by atoms with E-state index in [9.17, 15) is 23.3 Å². The van der Waals surface area contributed by atoms with Crippen molar-refractivity contribution >= 4 is 33.0 Å². The van der Waals surface area contributed by atoms with Gasteiger partial charge in [-0.25, -0.2) is 8.42 Å². The van der Waals surface area contributed by atoms with E-state index in [-0.39, 0.29) is 15.5 Å². The van der Waals surface area contributed by atoms with Gasteiger partial charge in [-0.15, -0.1) is 0 Å². The molecule has 0 radical (unpaired) electrons. The summed E-state index contributed by atoms with van der Waals surface area (Å²) < 4.78 is 25.6. The molecule has 7 nitrogen and oxygen atoms in total. The fourth-order valence-corrected chi connectivity index (χ4v) is 4.14. The zero-order valence-corrected chi connectivity index (χ0v) is 15.9. The molecular formula is C17H17ClN2O5S. The number of nitro groups is 1. The summed E-state index contributed by atoms with van der Waals surface area (Å²) in [6, 6.07) is 8.90. The molecule has 0 spiro atoms. The van der Waals surface area contributed by atoms with E-state index in [4.69, 9.17) is 11.6 Å². The SMILES string of the molecule is CC(C)(C)NC(=O)c1ccc(S(=O)(=O)c2ccccc2Cl)c([N+](=O)[O-])c1. The summed E-state index contributed by atoms with van der Waals surface area (Å²) in [4.78, 5) is 22.0. The number of benzene rings is 2. The van der Waals surface area contributed by atoms with E-state index in [2.05, 4.69) is 5.32 Å². The molecule has 2 rings (SSSR count). The van der Waals surface area contributed by atoms with E-state index < -0.39 is 36.8 Å². The summed E-state index contributed by atoms with van der Waals surface area (Å²) >= 11 is 5.93. The summed E-state index contributed by atoms with van der Waals surface area (Å²) in [6.07, 6.45) is 0. The van der Waals surface area contributed by atoms with E-state index >= 15 is 0 Å². The Bertz CT molecular complexity index is 981. The van der Waals surface area contributed by atoms with Gasteiger partial charge in [0, 0.05) is 17.2 Å². The first-order chi connectivity index (χ1) is 11.9. The van der Waals surface area contributed by atoms with Crippen LogP contribution in [0.5, 0.6) is 0 Å². The molecule has 0 aliphatic rings. The lowest BCUT2D eigenvalue weighted by molar-refractivity contribution is -0.387. The summed E-state index contributed by atoms with van der Waals surface area (Å²) in [5, 5.41) is 14.0. The quantitative estimate of drug-likeness (QED) is 0.627. The zero-order chi connectivity index (χ0) is 19.7. The number of hydrogen-bond donors (Lipinski definition) is 1. The van der Waals surface area contributed by atoms with Crippen LogP contribution in [0.4, 0.5) is 5.69 Å². The Morgan fingerprint density at radius 1 is 1.12 bits per heavy atom. The number of nitro benzene ring substituents is 1. The van der Waals surface area contributed by atoms with Crippen molar-refractivity contribution in [2.45, 2.75) is 36.1 Å². The van der Waals surface area contributed by atoms with E-state index in [1.807, 2.05) is 0 Å². The Balaban J connectivity index is 2.59. The lowest BCUT2D eigenvalue weighted by atomic mass is 10.1. The Kier molecular flexibility index (Phi) is 5.39. The molecule has 0 aliphatic carbocycles. The van der Waals surface area contributed by atoms with Gasteiger partial charge < -0.3 is 5.32 Å². The number of sulfone groups is 1. The molecule has 138 valence electrons. The molecule has 2 aromatic carbocycles. The van der Waals surface area contributed by atoms with Crippen molar-refractivity contribution in [3.63, 3.8) is 0 Å². The molecule has 0 saturated heterocycles. The number of carbonyl (C=O) groups is 1. The number of nitrogens with one attached hydrogen (secondary N) is 1. The van der Waals surface area contributed by atoms with Crippen LogP contribution in [0, 0.1) is 10.1 Å². The molecule has 0 fully saturated rings. The maximum absolute atomic E-state index is 12.8. The summed E-state index contributed by atoms with van der Waals surface area (Å²) in [7, 11) is -4.23. The van der Waals surface area contributed by atoms with Gasteiger partial charge in [0.15, 0.2) is 0 Å². The minimum absolute atomic E-state index is 0.00951. The summed E-state index contributed by atoms with van der Waals surface area (Å²) in [5.74, 6) is -0.540. The van der Waals surface area contributed by atoms with Crippen molar-refractivity contribution in [3.8, 4) is 0 Å². The maximum Gasteiger partial charge on any atom is 0.289 e. The van der Waals surface area contributed by atoms with Crippen LogP contribution < -0.4 is 5.32 Å². The average Bonchev–Trinajstić information content (AvgIpc) is 2.52. The Labute approximate surface area is 156 Å². The minimum Gasteiger partial charge on any atom is -0.347 e. The highest BCUT2D eigenvalue weighted by Gasteiger charge is 2.30. The first kappa shape index (κ1) is 19.9. The van der Waals surface area contributed by atoms with Crippen LogP contribution in [0.3, 0.4) is 0 Å². The van der Waals surface area contributed by atoms with Crippen molar-refractivity contribution in [1.29, 1.82) is 0 Å². The maximum atomic E-state index is 12.8. The highest BCUT2D eigenvalue weighted by molar-refractivity contribution is 7.91. The molecule has 0 heterocycles. The number of amides is 1. The number of hydrogen-bond acceptors (Lipinski definition) is 5. The molecule has 26 heavy (non-hydrogen) atoms. The standard InChI is InChI=1S/C17H17ClN2O5S/c1-17(2,3)19-16(21)11-8-9-15(13(10-11)20(22)23)26(24,25)14-7-5-4-6-12(14)18/h4-10H,1-3H3,(H,19,21). The van der Waals surface area contributed by atoms with E-state index in [0.717, 1.165) is 12.1 Å². The molecule has 0 bridgehead atoms. The normalized spacial score (nSPS) is 11.8. The lowest BCUT2D eigenvalue weighted by Gasteiger charge is -2.20. The minimum atomic E-state index is -4.23. The first-order valence-electron chi connectivity index (χ1n) is 7.54. The molecule has 0 aliphatic heterocycles. The van der Waals surface area contributed by atoms with Crippen molar-refractivity contribution < 1.29 is 18.1 Å². The van der Waals surface area contributed by atoms with E-state index in [1.165, 1.54) is 24.3 Å². The van der Waals surface area contributed by atoms with Crippen LogP contribution in [0.15, 0.2) is 52.3 Å². The highest BCUT2D eigenvalue weighted by atomic mass is 35.5. The third-order valence-electron chi connectivity index (χ3n) is 3.32. The molecule has 1 amide bonds. The fourth-order valence-electron chi connectivity index (χ4n) is 2.22. The third-order valence-corrected chi connectivity index (χ3v) is 5.62. The van der Waals surface area contributed by atoms with Gasteiger partial charge in [-0.1, -0.05) is 23.7 Å². The second-order valence-corrected chi connectivity index (χ2v) is 8.87. The number of carbonyl (C=O) groups excluding carboxylic acids is 1. The topological polar surface area (TPSA) is 106 Å². The van der Waals surface area contributed by atoms with Gasteiger partial charge in [0.25, 0.3) is 11.6 Å². The second kappa shape index (κ2) is 7.05. The molecule has 9 heteroatoms. The van der Waals surface area contributed by atoms with Gasteiger partial charge in [-0.2, -0.15) is 0 Å². The van der Waals surface area contributed by atoms with Crippen LogP contribution in [-0.4, -0.2) is 24.8 Å². The van der Waals surface area contributed by atoms with Gasteiger partial charge in [0.2, 0.25) is 9.84 Å². The van der Waals surface area contributed by atoms with Crippen molar-refractivity contribution in [2.24, 2.45) is 0 Å². The van der Waals surface area contributed by atoms with E-state index in [1.54, 1.807) is 26.8 Å². The van der Waals surface area contributed by atoms with Crippen LogP contribution in [0.1, 0.15) is 31.1 Å². The average molecular weight is 397 g/mol. The van der Waals surface area contributed by atoms with Crippen molar-refractivity contribution in [1.82, 2.24) is 5.32 Å². The Hall–Kier alpha value is -2.45. The van der Waals surface area contributed by atoms with Gasteiger partial charge >= 0.3 is 0 Å². The number of rotatable bonds is 4. The summed E-state index contributed by atoms with van der Waals surface area (Å²) in [6.45, 7) is 5.28. The van der Waals surface area contributed by atoms with Gasteiger partial charge in [0.05, 0.1) is 14.8 Å². The molecule has 0 atom stereocenters. The molecule has 0 saturated carbocycles. The molecular weight excluding hydrogens is 380 g/mol. The largest absolute Gasteiger partial charge is 0.347 e. The summed E-state index contributed by atoms with van der Waals surface area (Å²) in [5.41, 5.74) is -1.25. The third kappa shape index (κ3) is 4.20.